The van der Waals surface area contributed by atoms with Crippen molar-refractivity contribution in [3.05, 3.63) is 22.4 Å². The minimum absolute atomic E-state index is 0.0103. The first kappa shape index (κ1) is 16.0. The molecule has 5 nitrogen and oxygen atoms in total. The molecule has 6 heteroatoms. The lowest BCUT2D eigenvalue weighted by Gasteiger charge is -2.40. The Balaban J connectivity index is 2.04. The lowest BCUT2D eigenvalue weighted by Crippen LogP contribution is -2.50. The molecular weight excluding hydrogens is 290 g/mol. The number of carbonyl (C=O) groups is 2. The molecule has 1 fully saturated rings. The van der Waals surface area contributed by atoms with E-state index in [0.29, 0.717) is 32.4 Å². The van der Waals surface area contributed by atoms with Crippen LogP contribution in [0.4, 0.5) is 0 Å². The molecule has 1 aliphatic rings. The monoisotopic (exact) mass is 311 g/mol. The van der Waals surface area contributed by atoms with Crippen LogP contribution < -0.4 is 0 Å². The first-order valence-electron chi connectivity index (χ1n) is 7.08. The zero-order valence-electron chi connectivity index (χ0n) is 12.2. The largest absolute Gasteiger partial charge is 0.481 e. The van der Waals surface area contributed by atoms with Gasteiger partial charge in [-0.25, -0.2) is 0 Å². The van der Waals surface area contributed by atoms with Crippen LogP contribution in [-0.2, 0) is 20.7 Å². The molecule has 0 bridgehead atoms. The number of rotatable bonds is 6. The van der Waals surface area contributed by atoms with Crippen LogP contribution in [-0.4, -0.2) is 48.7 Å². The Hall–Kier alpha value is -1.40. The summed E-state index contributed by atoms with van der Waals surface area (Å²) in [5.41, 5.74) is 0.131. The average Bonchev–Trinajstić information content (AvgIpc) is 2.98. The van der Waals surface area contributed by atoms with Gasteiger partial charge in [-0.2, -0.15) is 11.3 Å². The van der Waals surface area contributed by atoms with E-state index in [1.807, 2.05) is 16.8 Å². The lowest BCUT2D eigenvalue weighted by atomic mass is 9.77. The van der Waals surface area contributed by atoms with Gasteiger partial charge in [0.05, 0.1) is 11.8 Å². The highest BCUT2D eigenvalue weighted by molar-refractivity contribution is 7.07. The maximum atomic E-state index is 12.4. The summed E-state index contributed by atoms with van der Waals surface area (Å²) in [5, 5.41) is 13.5. The van der Waals surface area contributed by atoms with Crippen molar-refractivity contribution in [2.45, 2.75) is 25.7 Å². The predicted octanol–water partition coefficient (Wildman–Crippen LogP) is 2.02. The van der Waals surface area contributed by atoms with Gasteiger partial charge < -0.3 is 14.7 Å². The summed E-state index contributed by atoms with van der Waals surface area (Å²) >= 11 is 1.56. The first-order chi connectivity index (χ1) is 10.1. The smallest absolute Gasteiger partial charge is 0.311 e. The molecule has 0 spiro atoms. The second-order valence-electron chi connectivity index (χ2n) is 5.56. The topological polar surface area (TPSA) is 66.8 Å². The van der Waals surface area contributed by atoms with Crippen LogP contribution in [0, 0.1) is 5.41 Å². The minimum atomic E-state index is -0.863. The molecule has 116 valence electrons. The van der Waals surface area contributed by atoms with Crippen molar-refractivity contribution >= 4 is 23.2 Å². The van der Waals surface area contributed by atoms with Gasteiger partial charge in [-0.1, -0.05) is 0 Å². The van der Waals surface area contributed by atoms with Crippen LogP contribution >= 0.6 is 11.3 Å². The van der Waals surface area contributed by atoms with Crippen LogP contribution in [0.5, 0.6) is 0 Å². The van der Waals surface area contributed by atoms with Gasteiger partial charge >= 0.3 is 5.97 Å². The lowest BCUT2D eigenvalue weighted by molar-refractivity contribution is -0.156. The molecule has 1 aromatic heterocycles. The molecule has 0 unspecified atom stereocenters. The van der Waals surface area contributed by atoms with E-state index in [1.165, 1.54) is 0 Å². The molecule has 0 saturated carbocycles. The Labute approximate surface area is 128 Å². The minimum Gasteiger partial charge on any atom is -0.481 e. The number of carbonyl (C=O) groups excluding carboxylic acids is 1. The third kappa shape index (κ3) is 3.83. The molecule has 1 amide bonds. The Morgan fingerprint density at radius 3 is 2.95 bits per heavy atom. The van der Waals surface area contributed by atoms with Gasteiger partial charge in [0.15, 0.2) is 0 Å². The van der Waals surface area contributed by atoms with Gasteiger partial charge in [0, 0.05) is 26.8 Å². The molecule has 1 saturated heterocycles. The zero-order valence-corrected chi connectivity index (χ0v) is 13.0. The third-order valence-electron chi connectivity index (χ3n) is 4.10. The van der Waals surface area contributed by atoms with Gasteiger partial charge in [-0.05, 0) is 41.7 Å². The highest BCUT2D eigenvalue weighted by Crippen LogP contribution is 2.34. The number of aliphatic carboxylic acids is 1. The summed E-state index contributed by atoms with van der Waals surface area (Å²) in [7, 11) is 1.57. The van der Waals surface area contributed by atoms with Crippen molar-refractivity contribution in [2.75, 3.05) is 26.8 Å². The maximum Gasteiger partial charge on any atom is 0.311 e. The predicted molar refractivity (Wildman–Crippen MR) is 80.4 cm³/mol. The fourth-order valence-corrected chi connectivity index (χ4v) is 3.48. The van der Waals surface area contributed by atoms with Crippen molar-refractivity contribution in [2.24, 2.45) is 5.41 Å². The number of hydrogen-bond acceptors (Lipinski definition) is 4. The van der Waals surface area contributed by atoms with Gasteiger partial charge in [0.2, 0.25) is 5.91 Å². The number of hydrogen-bond donors (Lipinski definition) is 1. The molecule has 21 heavy (non-hydrogen) atoms. The van der Waals surface area contributed by atoms with E-state index < -0.39 is 11.4 Å². The number of carboxylic acid groups (broad SMARTS) is 1. The Morgan fingerprint density at radius 2 is 2.33 bits per heavy atom. The van der Waals surface area contributed by atoms with Crippen molar-refractivity contribution < 1.29 is 19.4 Å². The molecule has 2 rings (SSSR count). The van der Waals surface area contributed by atoms with Crippen LogP contribution in [0.3, 0.4) is 0 Å². The number of nitrogens with zero attached hydrogens (tertiary/aromatic N) is 1. The number of methoxy groups -OCH3 is 1. The van der Waals surface area contributed by atoms with Gasteiger partial charge in [-0.3, -0.25) is 9.59 Å². The number of piperidine rings is 1. The number of amides is 1. The standard InChI is InChI=1S/C15H21NO4S/c1-20-7-5-15(14(18)19)4-2-6-16(11-15)13(17)9-12-3-8-21-10-12/h3,8,10H,2,4-7,9,11H2,1H3,(H,18,19)/t15-/m1/s1. The van der Waals surface area contributed by atoms with Gasteiger partial charge in [-0.15, -0.1) is 0 Å². The molecule has 0 aromatic carbocycles. The molecule has 1 atom stereocenters. The Morgan fingerprint density at radius 1 is 1.52 bits per heavy atom. The average molecular weight is 311 g/mol. The van der Waals surface area contributed by atoms with Crippen LogP contribution in [0.15, 0.2) is 16.8 Å². The normalized spacial score (nSPS) is 22.2. The van der Waals surface area contributed by atoms with Gasteiger partial charge in [0.25, 0.3) is 0 Å². The zero-order chi connectivity index (χ0) is 15.3. The summed E-state index contributed by atoms with van der Waals surface area (Å²) in [4.78, 5) is 25.7. The summed E-state index contributed by atoms with van der Waals surface area (Å²) in [5.74, 6) is -0.816. The highest BCUT2D eigenvalue weighted by atomic mass is 32.1. The Bertz CT molecular complexity index is 488. The second kappa shape index (κ2) is 7.04. The van der Waals surface area contributed by atoms with E-state index >= 15 is 0 Å². The maximum absolute atomic E-state index is 12.4. The van der Waals surface area contributed by atoms with Crippen molar-refractivity contribution in [3.63, 3.8) is 0 Å². The van der Waals surface area contributed by atoms with E-state index in [1.54, 1.807) is 23.3 Å². The van der Waals surface area contributed by atoms with E-state index in [9.17, 15) is 14.7 Å². The molecule has 1 N–H and O–H groups in total. The highest BCUT2D eigenvalue weighted by Gasteiger charge is 2.43. The van der Waals surface area contributed by atoms with Gasteiger partial charge in [0.1, 0.15) is 0 Å². The number of likely N-dealkylation sites (tertiary alicyclic amines) is 1. The molecule has 2 heterocycles. The summed E-state index contributed by atoms with van der Waals surface area (Å²) in [6, 6.07) is 1.93. The van der Waals surface area contributed by atoms with E-state index in [0.717, 1.165) is 12.0 Å². The van der Waals surface area contributed by atoms with Crippen molar-refractivity contribution in [3.8, 4) is 0 Å². The number of carboxylic acids is 1. The molecular formula is C15H21NO4S. The quantitative estimate of drug-likeness (QED) is 0.873. The molecule has 0 aliphatic carbocycles. The van der Waals surface area contributed by atoms with E-state index in [2.05, 4.69) is 0 Å². The summed E-state index contributed by atoms with van der Waals surface area (Å²) < 4.78 is 5.04. The van der Waals surface area contributed by atoms with Crippen LogP contribution in [0.25, 0.3) is 0 Å². The van der Waals surface area contributed by atoms with Crippen LogP contribution in [0.2, 0.25) is 0 Å². The molecule has 1 aliphatic heterocycles. The van der Waals surface area contributed by atoms with Crippen molar-refractivity contribution in [1.82, 2.24) is 4.90 Å². The van der Waals surface area contributed by atoms with Crippen molar-refractivity contribution in [1.29, 1.82) is 0 Å². The number of thiophene rings is 1. The Kier molecular flexibility index (Phi) is 5.36. The third-order valence-corrected chi connectivity index (χ3v) is 4.84. The fraction of sp³-hybridized carbons (Fsp3) is 0.600. The summed E-state index contributed by atoms with van der Waals surface area (Å²) in [6.07, 6.45) is 2.13. The second-order valence-corrected chi connectivity index (χ2v) is 6.34. The van der Waals surface area contributed by atoms with E-state index in [-0.39, 0.29) is 12.5 Å². The fourth-order valence-electron chi connectivity index (χ4n) is 2.81. The first-order valence-corrected chi connectivity index (χ1v) is 8.03. The summed E-state index contributed by atoms with van der Waals surface area (Å²) in [6.45, 7) is 1.33. The van der Waals surface area contributed by atoms with E-state index in [4.69, 9.17) is 4.74 Å². The number of ether oxygens (including phenoxy) is 1. The van der Waals surface area contributed by atoms with Crippen LogP contribution in [0.1, 0.15) is 24.8 Å². The molecule has 0 radical (unpaired) electrons. The molecule has 1 aromatic rings. The SMILES string of the molecule is COCC[C@]1(C(=O)O)CCCN(C(=O)Cc2ccsc2)C1.